The molecule has 0 spiro atoms. The highest BCUT2D eigenvalue weighted by molar-refractivity contribution is 7.89. The topological polar surface area (TPSA) is 87.3 Å². The zero-order valence-corrected chi connectivity index (χ0v) is 12.8. The van der Waals surface area contributed by atoms with Gasteiger partial charge in [-0.2, -0.15) is 0 Å². The van der Waals surface area contributed by atoms with Gasteiger partial charge in [-0.25, -0.2) is 13.1 Å². The average Bonchev–Trinajstić information content (AvgIpc) is 2.47. The molecule has 1 aromatic carbocycles. The Morgan fingerprint density at radius 3 is 2.33 bits per heavy atom. The van der Waals surface area contributed by atoms with Gasteiger partial charge in [0.2, 0.25) is 15.9 Å². The van der Waals surface area contributed by atoms with Gasteiger partial charge in [-0.3, -0.25) is 4.79 Å². The number of allylic oxidation sites excluding steroid dienone is 1. The second-order valence-electron chi connectivity index (χ2n) is 4.17. The standard InChI is InChI=1S/C14H19N3O3S/c1-4-12(10-15-2)17-14(18)9-11-5-7-13(8-6-11)21(19,20)16-3/h4-8,10,15-16H,1,9H2,2-3H3,(H,17,18)/b12-10+. The molecule has 0 aliphatic heterocycles. The van der Waals surface area contributed by atoms with Crippen molar-refractivity contribution in [2.24, 2.45) is 0 Å². The maximum absolute atomic E-state index is 11.8. The molecule has 21 heavy (non-hydrogen) atoms. The van der Waals surface area contributed by atoms with Crippen LogP contribution in [0.4, 0.5) is 0 Å². The lowest BCUT2D eigenvalue weighted by Gasteiger charge is -2.07. The molecule has 1 aromatic rings. The Balaban J connectivity index is 2.74. The van der Waals surface area contributed by atoms with Crippen LogP contribution in [0.3, 0.4) is 0 Å². The van der Waals surface area contributed by atoms with E-state index >= 15 is 0 Å². The first-order valence-electron chi connectivity index (χ1n) is 6.25. The summed E-state index contributed by atoms with van der Waals surface area (Å²) in [5.41, 5.74) is 1.28. The van der Waals surface area contributed by atoms with Crippen molar-refractivity contribution in [2.45, 2.75) is 11.3 Å². The van der Waals surface area contributed by atoms with E-state index in [0.717, 1.165) is 5.56 Å². The van der Waals surface area contributed by atoms with Crippen LogP contribution in [-0.2, 0) is 21.2 Å². The van der Waals surface area contributed by atoms with Crippen LogP contribution in [-0.4, -0.2) is 28.4 Å². The SMILES string of the molecule is C=C/C(=C\NC)NC(=O)Cc1ccc(S(=O)(=O)NC)cc1. The molecule has 114 valence electrons. The highest BCUT2D eigenvalue weighted by Crippen LogP contribution is 2.10. The second-order valence-corrected chi connectivity index (χ2v) is 6.06. The molecule has 0 fully saturated rings. The quantitative estimate of drug-likeness (QED) is 0.640. The fourth-order valence-electron chi connectivity index (χ4n) is 1.60. The van der Waals surface area contributed by atoms with Crippen LogP contribution in [0.1, 0.15) is 5.56 Å². The number of benzene rings is 1. The van der Waals surface area contributed by atoms with Gasteiger partial charge >= 0.3 is 0 Å². The van der Waals surface area contributed by atoms with Crippen molar-refractivity contribution in [3.63, 3.8) is 0 Å². The van der Waals surface area contributed by atoms with Crippen LogP contribution in [0.15, 0.2) is 53.7 Å². The minimum absolute atomic E-state index is 0.148. The van der Waals surface area contributed by atoms with Gasteiger partial charge in [0.1, 0.15) is 0 Å². The first kappa shape index (κ1) is 16.9. The first-order valence-corrected chi connectivity index (χ1v) is 7.73. The molecule has 0 aliphatic rings. The molecule has 0 bridgehead atoms. The predicted molar refractivity (Wildman–Crippen MR) is 81.9 cm³/mol. The van der Waals surface area contributed by atoms with Crippen molar-refractivity contribution in [2.75, 3.05) is 14.1 Å². The van der Waals surface area contributed by atoms with Gasteiger partial charge in [-0.1, -0.05) is 18.7 Å². The van der Waals surface area contributed by atoms with Crippen LogP contribution in [0, 0.1) is 0 Å². The number of hydrogen-bond donors (Lipinski definition) is 3. The van der Waals surface area contributed by atoms with E-state index in [0.29, 0.717) is 5.70 Å². The number of rotatable bonds is 7. The highest BCUT2D eigenvalue weighted by Gasteiger charge is 2.11. The highest BCUT2D eigenvalue weighted by atomic mass is 32.2. The summed E-state index contributed by atoms with van der Waals surface area (Å²) in [6, 6.07) is 6.15. The zero-order chi connectivity index (χ0) is 15.9. The van der Waals surface area contributed by atoms with E-state index in [1.807, 2.05) is 0 Å². The molecular formula is C14H19N3O3S. The van der Waals surface area contributed by atoms with Crippen molar-refractivity contribution >= 4 is 15.9 Å². The van der Waals surface area contributed by atoms with Crippen LogP contribution in [0.5, 0.6) is 0 Å². The Morgan fingerprint density at radius 2 is 1.86 bits per heavy atom. The van der Waals surface area contributed by atoms with Gasteiger partial charge in [0.05, 0.1) is 17.0 Å². The minimum atomic E-state index is -3.45. The molecule has 0 atom stereocenters. The minimum Gasteiger partial charge on any atom is -0.392 e. The summed E-state index contributed by atoms with van der Waals surface area (Å²) in [6.45, 7) is 3.59. The molecule has 0 saturated carbocycles. The second kappa shape index (κ2) is 7.61. The van der Waals surface area contributed by atoms with Crippen molar-refractivity contribution in [1.29, 1.82) is 0 Å². The smallest absolute Gasteiger partial charge is 0.240 e. The third-order valence-corrected chi connectivity index (χ3v) is 4.10. The summed E-state index contributed by atoms with van der Waals surface area (Å²) >= 11 is 0. The molecule has 0 saturated heterocycles. The Kier molecular flexibility index (Phi) is 6.13. The Morgan fingerprint density at radius 1 is 1.24 bits per heavy atom. The summed E-state index contributed by atoms with van der Waals surface area (Å²) < 4.78 is 25.4. The van der Waals surface area contributed by atoms with Crippen LogP contribution >= 0.6 is 0 Å². The monoisotopic (exact) mass is 309 g/mol. The number of carbonyl (C=O) groups is 1. The average molecular weight is 309 g/mol. The van der Waals surface area contributed by atoms with Gasteiger partial charge in [0.15, 0.2) is 0 Å². The van der Waals surface area contributed by atoms with Crippen molar-refractivity contribution in [3.8, 4) is 0 Å². The molecule has 0 aromatic heterocycles. The third-order valence-electron chi connectivity index (χ3n) is 2.67. The van der Waals surface area contributed by atoms with E-state index in [1.165, 1.54) is 25.3 Å². The van der Waals surface area contributed by atoms with Crippen molar-refractivity contribution in [1.82, 2.24) is 15.4 Å². The lowest BCUT2D eigenvalue weighted by Crippen LogP contribution is -2.24. The van der Waals surface area contributed by atoms with Crippen molar-refractivity contribution in [3.05, 3.63) is 54.4 Å². The Hall–Kier alpha value is -2.12. The van der Waals surface area contributed by atoms with E-state index in [9.17, 15) is 13.2 Å². The fraction of sp³-hybridized carbons (Fsp3) is 0.214. The van der Waals surface area contributed by atoms with E-state index in [4.69, 9.17) is 0 Å². The van der Waals surface area contributed by atoms with Gasteiger partial charge in [-0.05, 0) is 30.8 Å². The summed E-state index contributed by atoms with van der Waals surface area (Å²) in [5.74, 6) is -0.208. The molecule has 3 N–H and O–H groups in total. The Labute approximate surface area is 125 Å². The van der Waals surface area contributed by atoms with Gasteiger partial charge < -0.3 is 10.6 Å². The van der Waals surface area contributed by atoms with Crippen LogP contribution in [0.2, 0.25) is 0 Å². The van der Waals surface area contributed by atoms with Gasteiger partial charge in [-0.15, -0.1) is 0 Å². The molecular weight excluding hydrogens is 290 g/mol. The maximum Gasteiger partial charge on any atom is 0.240 e. The van der Waals surface area contributed by atoms with Crippen LogP contribution in [0.25, 0.3) is 0 Å². The first-order chi connectivity index (χ1) is 9.92. The summed E-state index contributed by atoms with van der Waals surface area (Å²) in [4.78, 5) is 12.0. The number of amides is 1. The molecule has 7 heteroatoms. The number of nitrogens with one attached hydrogen (secondary N) is 3. The van der Waals surface area contributed by atoms with E-state index in [2.05, 4.69) is 21.9 Å². The van der Waals surface area contributed by atoms with E-state index in [1.54, 1.807) is 25.4 Å². The molecule has 0 aliphatic carbocycles. The molecule has 1 rings (SSSR count). The van der Waals surface area contributed by atoms with Gasteiger partial charge in [0, 0.05) is 13.2 Å². The molecule has 6 nitrogen and oxygen atoms in total. The van der Waals surface area contributed by atoms with E-state index < -0.39 is 10.0 Å². The lowest BCUT2D eigenvalue weighted by atomic mass is 10.1. The maximum atomic E-state index is 11.8. The lowest BCUT2D eigenvalue weighted by molar-refractivity contribution is -0.119. The number of hydrogen-bond acceptors (Lipinski definition) is 4. The zero-order valence-electron chi connectivity index (χ0n) is 12.0. The summed E-state index contributed by atoms with van der Waals surface area (Å²) in [5, 5.41) is 5.48. The Bertz CT molecular complexity index is 634. The molecule has 0 radical (unpaired) electrons. The molecule has 1 amide bonds. The largest absolute Gasteiger partial charge is 0.392 e. The fourth-order valence-corrected chi connectivity index (χ4v) is 2.33. The molecule has 0 unspecified atom stereocenters. The normalized spacial score (nSPS) is 11.8. The predicted octanol–water partition coefficient (Wildman–Crippen LogP) is 0.500. The van der Waals surface area contributed by atoms with E-state index in [-0.39, 0.29) is 17.2 Å². The third kappa shape index (κ3) is 5.05. The summed E-state index contributed by atoms with van der Waals surface area (Å²) in [7, 11) is -0.387. The van der Waals surface area contributed by atoms with Crippen molar-refractivity contribution < 1.29 is 13.2 Å². The summed E-state index contributed by atoms with van der Waals surface area (Å²) in [6.07, 6.45) is 3.29. The number of sulfonamides is 1. The number of carbonyl (C=O) groups excluding carboxylic acids is 1. The molecule has 0 heterocycles. The van der Waals surface area contributed by atoms with Gasteiger partial charge in [0.25, 0.3) is 0 Å². The van der Waals surface area contributed by atoms with Crippen LogP contribution < -0.4 is 15.4 Å².